The van der Waals surface area contributed by atoms with Gasteiger partial charge in [-0.2, -0.15) is 0 Å². The molecule has 0 saturated heterocycles. The Hall–Kier alpha value is -0.830. The molecule has 0 bridgehead atoms. The Morgan fingerprint density at radius 2 is 1.89 bits per heavy atom. The summed E-state index contributed by atoms with van der Waals surface area (Å²) in [5.74, 6) is 1.25. The number of nitrogens with two attached hydrogens (primary N) is 1. The number of nitrogens with zero attached hydrogens (tertiary/aromatic N) is 2. The summed E-state index contributed by atoms with van der Waals surface area (Å²) in [4.78, 5) is 4.28. The van der Waals surface area contributed by atoms with Crippen LogP contribution in [-0.4, -0.2) is 9.55 Å². The first-order chi connectivity index (χ1) is 8.24. The Labute approximate surface area is 112 Å². The van der Waals surface area contributed by atoms with Crippen molar-refractivity contribution in [3.05, 3.63) is 18.2 Å². The highest BCUT2D eigenvalue weighted by Gasteiger charge is 2.24. The third kappa shape index (κ3) is 3.84. The van der Waals surface area contributed by atoms with Crippen LogP contribution in [0.1, 0.15) is 59.7 Å². The zero-order valence-corrected chi connectivity index (χ0v) is 12.8. The van der Waals surface area contributed by atoms with Gasteiger partial charge in [0.15, 0.2) is 0 Å². The van der Waals surface area contributed by atoms with Crippen molar-refractivity contribution in [3.63, 3.8) is 0 Å². The Morgan fingerprint density at radius 1 is 1.28 bits per heavy atom. The maximum atomic E-state index is 6.28. The molecule has 0 radical (unpaired) electrons. The Bertz CT molecular complexity index is 364. The average Bonchev–Trinajstić information content (AvgIpc) is 2.63. The fourth-order valence-electron chi connectivity index (χ4n) is 2.02. The van der Waals surface area contributed by atoms with Gasteiger partial charge in [-0.25, -0.2) is 4.98 Å². The zero-order chi connectivity index (χ0) is 13.9. The second kappa shape index (κ2) is 5.87. The molecule has 1 atom stereocenters. The summed E-state index contributed by atoms with van der Waals surface area (Å²) in [7, 11) is 0. The molecular formula is C15H29N3. The standard InChI is InChI=1S/C15H29N3/c1-11(2)7-13(16)14-8-17-10-18(14)9-15(5,6)12(3)4/h8,10-13H,7,9,16H2,1-6H3. The number of hydrogen-bond donors (Lipinski definition) is 1. The Morgan fingerprint density at radius 3 is 2.39 bits per heavy atom. The topological polar surface area (TPSA) is 43.8 Å². The average molecular weight is 251 g/mol. The molecule has 0 aliphatic heterocycles. The fraction of sp³-hybridized carbons (Fsp3) is 0.800. The van der Waals surface area contributed by atoms with Gasteiger partial charge >= 0.3 is 0 Å². The molecule has 3 heteroatoms. The van der Waals surface area contributed by atoms with E-state index < -0.39 is 0 Å². The van der Waals surface area contributed by atoms with Crippen molar-refractivity contribution >= 4 is 0 Å². The van der Waals surface area contributed by atoms with Crippen molar-refractivity contribution < 1.29 is 0 Å². The second-order valence-corrected chi connectivity index (χ2v) is 6.83. The molecule has 2 N–H and O–H groups in total. The lowest BCUT2D eigenvalue weighted by Gasteiger charge is -2.31. The monoisotopic (exact) mass is 251 g/mol. The summed E-state index contributed by atoms with van der Waals surface area (Å²) in [5, 5.41) is 0. The number of imidazole rings is 1. The van der Waals surface area contributed by atoms with E-state index in [1.807, 2.05) is 12.5 Å². The van der Waals surface area contributed by atoms with Crippen LogP contribution >= 0.6 is 0 Å². The lowest BCUT2D eigenvalue weighted by Crippen LogP contribution is -2.27. The molecule has 1 aromatic heterocycles. The van der Waals surface area contributed by atoms with Gasteiger partial charge in [-0.3, -0.25) is 0 Å². The summed E-state index contributed by atoms with van der Waals surface area (Å²) in [6.45, 7) is 14.5. The predicted molar refractivity (Wildman–Crippen MR) is 77.2 cm³/mol. The van der Waals surface area contributed by atoms with Crippen molar-refractivity contribution in [1.82, 2.24) is 9.55 Å². The van der Waals surface area contributed by atoms with Crippen LogP contribution in [0.3, 0.4) is 0 Å². The van der Waals surface area contributed by atoms with E-state index in [4.69, 9.17) is 5.73 Å². The molecule has 18 heavy (non-hydrogen) atoms. The summed E-state index contributed by atoms with van der Waals surface area (Å²) in [6.07, 6.45) is 4.84. The van der Waals surface area contributed by atoms with Crippen LogP contribution in [0, 0.1) is 17.3 Å². The van der Waals surface area contributed by atoms with Gasteiger partial charge in [0.05, 0.1) is 12.0 Å². The first-order valence-corrected chi connectivity index (χ1v) is 6.99. The summed E-state index contributed by atoms with van der Waals surface area (Å²) >= 11 is 0. The molecule has 1 aromatic rings. The van der Waals surface area contributed by atoms with Crippen molar-refractivity contribution in [2.75, 3.05) is 0 Å². The van der Waals surface area contributed by atoms with Crippen LogP contribution < -0.4 is 5.73 Å². The van der Waals surface area contributed by atoms with Crippen molar-refractivity contribution in [1.29, 1.82) is 0 Å². The summed E-state index contributed by atoms with van der Waals surface area (Å²) < 4.78 is 2.23. The van der Waals surface area contributed by atoms with Crippen LogP contribution in [0.25, 0.3) is 0 Å². The highest BCUT2D eigenvalue weighted by atomic mass is 15.1. The third-order valence-corrected chi connectivity index (χ3v) is 3.99. The van der Waals surface area contributed by atoms with Gasteiger partial charge in [-0.15, -0.1) is 0 Å². The van der Waals surface area contributed by atoms with E-state index in [1.54, 1.807) is 0 Å². The fourth-order valence-corrected chi connectivity index (χ4v) is 2.02. The molecule has 1 unspecified atom stereocenters. The van der Waals surface area contributed by atoms with Gasteiger partial charge < -0.3 is 10.3 Å². The maximum absolute atomic E-state index is 6.28. The largest absolute Gasteiger partial charge is 0.333 e. The van der Waals surface area contributed by atoms with E-state index >= 15 is 0 Å². The van der Waals surface area contributed by atoms with Crippen molar-refractivity contribution in [2.24, 2.45) is 23.0 Å². The van der Waals surface area contributed by atoms with Crippen LogP contribution in [-0.2, 0) is 6.54 Å². The highest BCUT2D eigenvalue weighted by molar-refractivity contribution is 5.05. The van der Waals surface area contributed by atoms with E-state index in [2.05, 4.69) is 51.1 Å². The van der Waals surface area contributed by atoms with Gasteiger partial charge in [0, 0.05) is 18.8 Å². The highest BCUT2D eigenvalue weighted by Crippen LogP contribution is 2.29. The van der Waals surface area contributed by atoms with Crippen molar-refractivity contribution in [2.45, 2.75) is 60.5 Å². The Kier molecular flexibility index (Phi) is 4.97. The minimum atomic E-state index is 0.0930. The molecule has 1 heterocycles. The van der Waals surface area contributed by atoms with Crippen molar-refractivity contribution in [3.8, 4) is 0 Å². The molecule has 0 aliphatic carbocycles. The SMILES string of the molecule is CC(C)CC(N)c1cncn1CC(C)(C)C(C)C. The minimum absolute atomic E-state index is 0.0930. The molecule has 0 spiro atoms. The summed E-state index contributed by atoms with van der Waals surface area (Å²) in [5.41, 5.74) is 7.70. The summed E-state index contributed by atoms with van der Waals surface area (Å²) in [6, 6.07) is 0.0930. The first-order valence-electron chi connectivity index (χ1n) is 6.99. The molecule has 0 aromatic carbocycles. The maximum Gasteiger partial charge on any atom is 0.0948 e. The predicted octanol–water partition coefficient (Wildman–Crippen LogP) is 3.61. The molecule has 3 nitrogen and oxygen atoms in total. The lowest BCUT2D eigenvalue weighted by atomic mass is 9.81. The molecule has 0 fully saturated rings. The quantitative estimate of drug-likeness (QED) is 0.839. The number of hydrogen-bond acceptors (Lipinski definition) is 2. The van der Waals surface area contributed by atoms with E-state index in [0.29, 0.717) is 11.8 Å². The van der Waals surface area contributed by atoms with Gasteiger partial charge in [-0.05, 0) is 23.7 Å². The molecular weight excluding hydrogens is 222 g/mol. The molecule has 0 aliphatic rings. The van der Waals surface area contributed by atoms with Gasteiger partial charge in [0.25, 0.3) is 0 Å². The molecule has 1 rings (SSSR count). The molecule has 104 valence electrons. The number of aromatic nitrogens is 2. The lowest BCUT2D eigenvalue weighted by molar-refractivity contribution is 0.206. The van der Waals surface area contributed by atoms with Gasteiger partial charge in [0.2, 0.25) is 0 Å². The first kappa shape index (κ1) is 15.2. The van der Waals surface area contributed by atoms with E-state index in [9.17, 15) is 0 Å². The third-order valence-electron chi connectivity index (χ3n) is 3.99. The van der Waals surface area contributed by atoms with E-state index in [0.717, 1.165) is 18.7 Å². The van der Waals surface area contributed by atoms with Gasteiger partial charge in [-0.1, -0.05) is 41.5 Å². The second-order valence-electron chi connectivity index (χ2n) is 6.83. The van der Waals surface area contributed by atoms with Crippen LogP contribution in [0.15, 0.2) is 12.5 Å². The zero-order valence-electron chi connectivity index (χ0n) is 12.8. The van der Waals surface area contributed by atoms with Crippen LogP contribution in [0.4, 0.5) is 0 Å². The van der Waals surface area contributed by atoms with Crippen LogP contribution in [0.5, 0.6) is 0 Å². The van der Waals surface area contributed by atoms with Crippen LogP contribution in [0.2, 0.25) is 0 Å². The normalized spacial score (nSPS) is 14.5. The van der Waals surface area contributed by atoms with E-state index in [1.165, 1.54) is 0 Å². The molecule has 0 saturated carbocycles. The van der Waals surface area contributed by atoms with E-state index in [-0.39, 0.29) is 11.5 Å². The Balaban J connectivity index is 2.83. The smallest absolute Gasteiger partial charge is 0.0948 e. The number of rotatable bonds is 6. The molecule has 0 amide bonds. The minimum Gasteiger partial charge on any atom is -0.333 e. The van der Waals surface area contributed by atoms with Gasteiger partial charge in [0.1, 0.15) is 0 Å².